The Morgan fingerprint density at radius 2 is 1.72 bits per heavy atom. The summed E-state index contributed by atoms with van der Waals surface area (Å²) in [5.74, 6) is 0.812. The minimum absolute atomic E-state index is 0.132. The highest BCUT2D eigenvalue weighted by atomic mass is 16.5. The van der Waals surface area contributed by atoms with Crippen molar-refractivity contribution in [2.24, 2.45) is 0 Å². The van der Waals surface area contributed by atoms with Crippen molar-refractivity contribution in [3.63, 3.8) is 0 Å². The van der Waals surface area contributed by atoms with Crippen LogP contribution in [-0.4, -0.2) is 19.2 Å². The van der Waals surface area contributed by atoms with Gasteiger partial charge in [-0.3, -0.25) is 0 Å². The highest BCUT2D eigenvalue weighted by Gasteiger charge is 2.12. The molecule has 4 nitrogen and oxygen atoms in total. The molecule has 2 aromatic rings. The van der Waals surface area contributed by atoms with Gasteiger partial charge >= 0.3 is 6.03 Å². The highest BCUT2D eigenvalue weighted by Crippen LogP contribution is 2.24. The van der Waals surface area contributed by atoms with E-state index in [1.54, 1.807) is 0 Å². The number of aryl methyl sites for hydroxylation is 1. The van der Waals surface area contributed by atoms with Gasteiger partial charge in [0.2, 0.25) is 0 Å². The second-order valence-corrected chi connectivity index (χ2v) is 7.01. The van der Waals surface area contributed by atoms with Crippen molar-refractivity contribution in [3.05, 3.63) is 59.7 Å². The maximum Gasteiger partial charge on any atom is 0.319 e. The molecule has 0 aliphatic rings. The van der Waals surface area contributed by atoms with Crippen molar-refractivity contribution in [3.8, 4) is 5.75 Å². The van der Waals surface area contributed by atoms with Crippen LogP contribution in [0.5, 0.6) is 5.75 Å². The fourth-order valence-corrected chi connectivity index (χ4v) is 2.50. The SMILES string of the molecule is CCc1ccccc1NC(=O)NCCOc1ccc(C(C)(C)C)cc1. The van der Waals surface area contributed by atoms with Crippen molar-refractivity contribution in [2.45, 2.75) is 39.5 Å². The van der Waals surface area contributed by atoms with E-state index in [-0.39, 0.29) is 11.4 Å². The third kappa shape index (κ3) is 5.82. The largest absolute Gasteiger partial charge is 0.492 e. The number of anilines is 1. The molecule has 2 aromatic carbocycles. The molecule has 25 heavy (non-hydrogen) atoms. The average molecular weight is 340 g/mol. The van der Waals surface area contributed by atoms with E-state index in [4.69, 9.17) is 4.74 Å². The molecule has 2 rings (SSSR count). The molecule has 2 N–H and O–H groups in total. The van der Waals surface area contributed by atoms with Crippen molar-refractivity contribution in [1.29, 1.82) is 0 Å². The van der Waals surface area contributed by atoms with Crippen LogP contribution < -0.4 is 15.4 Å². The topological polar surface area (TPSA) is 50.4 Å². The number of amides is 2. The Morgan fingerprint density at radius 3 is 2.36 bits per heavy atom. The van der Waals surface area contributed by atoms with E-state index in [0.29, 0.717) is 13.2 Å². The van der Waals surface area contributed by atoms with E-state index in [0.717, 1.165) is 23.4 Å². The van der Waals surface area contributed by atoms with Gasteiger partial charge in [-0.1, -0.05) is 58.0 Å². The van der Waals surface area contributed by atoms with Crippen molar-refractivity contribution in [1.82, 2.24) is 5.32 Å². The van der Waals surface area contributed by atoms with Crippen LogP contribution in [0.1, 0.15) is 38.8 Å². The Labute approximate surface area is 150 Å². The molecule has 0 aliphatic carbocycles. The Bertz CT molecular complexity index is 688. The molecule has 134 valence electrons. The zero-order valence-electron chi connectivity index (χ0n) is 15.6. The highest BCUT2D eigenvalue weighted by molar-refractivity contribution is 5.90. The van der Waals surface area contributed by atoms with Gasteiger partial charge in [-0.05, 0) is 41.2 Å². The van der Waals surface area contributed by atoms with Gasteiger partial charge in [0, 0.05) is 5.69 Å². The summed E-state index contributed by atoms with van der Waals surface area (Å²) >= 11 is 0. The minimum Gasteiger partial charge on any atom is -0.492 e. The van der Waals surface area contributed by atoms with E-state index in [1.165, 1.54) is 5.56 Å². The van der Waals surface area contributed by atoms with Gasteiger partial charge in [-0.25, -0.2) is 4.79 Å². The van der Waals surface area contributed by atoms with Gasteiger partial charge in [0.05, 0.1) is 6.54 Å². The van der Waals surface area contributed by atoms with E-state index in [9.17, 15) is 4.79 Å². The first kappa shape index (κ1) is 18.8. The van der Waals surface area contributed by atoms with Gasteiger partial charge in [-0.2, -0.15) is 0 Å². The van der Waals surface area contributed by atoms with Crippen LogP contribution in [-0.2, 0) is 11.8 Å². The summed E-state index contributed by atoms with van der Waals surface area (Å²) in [6.45, 7) is 9.49. The molecule has 0 saturated heterocycles. The molecule has 0 unspecified atom stereocenters. The quantitative estimate of drug-likeness (QED) is 0.746. The molecule has 4 heteroatoms. The average Bonchev–Trinajstić information content (AvgIpc) is 2.59. The second kappa shape index (κ2) is 8.56. The first-order valence-corrected chi connectivity index (χ1v) is 8.76. The summed E-state index contributed by atoms with van der Waals surface area (Å²) in [4.78, 5) is 12.0. The number of benzene rings is 2. The molecular weight excluding hydrogens is 312 g/mol. The second-order valence-electron chi connectivity index (χ2n) is 7.01. The maximum atomic E-state index is 12.0. The molecule has 0 fully saturated rings. The van der Waals surface area contributed by atoms with Gasteiger partial charge in [0.25, 0.3) is 0 Å². The molecule has 0 radical (unpaired) electrons. The summed E-state index contributed by atoms with van der Waals surface area (Å²) in [5.41, 5.74) is 3.37. The molecule has 0 spiro atoms. The standard InChI is InChI=1S/C21H28N2O2/c1-5-16-8-6-7-9-19(16)23-20(24)22-14-15-25-18-12-10-17(11-13-18)21(2,3)4/h6-13H,5,14-15H2,1-4H3,(H2,22,23,24). The Morgan fingerprint density at radius 1 is 1.04 bits per heavy atom. The Kier molecular flexibility index (Phi) is 6.45. The van der Waals surface area contributed by atoms with E-state index >= 15 is 0 Å². The number of hydrogen-bond donors (Lipinski definition) is 2. The third-order valence-electron chi connectivity index (χ3n) is 4.02. The van der Waals surface area contributed by atoms with E-state index < -0.39 is 0 Å². The zero-order valence-corrected chi connectivity index (χ0v) is 15.6. The summed E-state index contributed by atoms with van der Waals surface area (Å²) in [5, 5.41) is 5.69. The summed E-state index contributed by atoms with van der Waals surface area (Å²) in [7, 11) is 0. The van der Waals surface area contributed by atoms with Gasteiger partial charge in [-0.15, -0.1) is 0 Å². The maximum absolute atomic E-state index is 12.0. The number of urea groups is 1. The third-order valence-corrected chi connectivity index (χ3v) is 4.02. The zero-order chi connectivity index (χ0) is 18.3. The van der Waals surface area contributed by atoms with Crippen LogP contribution in [0.2, 0.25) is 0 Å². The van der Waals surface area contributed by atoms with Crippen molar-refractivity contribution < 1.29 is 9.53 Å². The molecule has 0 aliphatic heterocycles. The number of carbonyl (C=O) groups excluding carboxylic acids is 1. The fraction of sp³-hybridized carbons (Fsp3) is 0.381. The van der Waals surface area contributed by atoms with Crippen LogP contribution >= 0.6 is 0 Å². The summed E-state index contributed by atoms with van der Waals surface area (Å²) in [6, 6.07) is 15.7. The molecule has 2 amide bonds. The number of ether oxygens (including phenoxy) is 1. The molecule has 0 atom stereocenters. The fourth-order valence-electron chi connectivity index (χ4n) is 2.50. The number of rotatable bonds is 6. The molecule has 0 heterocycles. The predicted octanol–water partition coefficient (Wildman–Crippen LogP) is 4.75. The summed E-state index contributed by atoms with van der Waals surface area (Å²) in [6.07, 6.45) is 0.879. The van der Waals surface area contributed by atoms with Crippen LogP contribution in [0.25, 0.3) is 0 Å². The monoisotopic (exact) mass is 340 g/mol. The lowest BCUT2D eigenvalue weighted by Gasteiger charge is -2.19. The number of hydrogen-bond acceptors (Lipinski definition) is 2. The molecule has 0 bridgehead atoms. The lowest BCUT2D eigenvalue weighted by atomic mass is 9.87. The number of nitrogens with one attached hydrogen (secondary N) is 2. The normalized spacial score (nSPS) is 11.0. The molecular formula is C21H28N2O2. The van der Waals surface area contributed by atoms with Gasteiger partial charge in [0.15, 0.2) is 0 Å². The van der Waals surface area contributed by atoms with Crippen molar-refractivity contribution >= 4 is 11.7 Å². The summed E-state index contributed by atoms with van der Waals surface area (Å²) < 4.78 is 5.68. The van der Waals surface area contributed by atoms with Gasteiger partial charge in [0.1, 0.15) is 12.4 Å². The van der Waals surface area contributed by atoms with Gasteiger partial charge < -0.3 is 15.4 Å². The van der Waals surface area contributed by atoms with Crippen LogP contribution in [0.4, 0.5) is 10.5 Å². The smallest absolute Gasteiger partial charge is 0.319 e. The molecule has 0 saturated carbocycles. The van der Waals surface area contributed by atoms with Crippen LogP contribution in [0.15, 0.2) is 48.5 Å². The Balaban J connectivity index is 1.74. The molecule has 0 aromatic heterocycles. The van der Waals surface area contributed by atoms with Crippen molar-refractivity contribution in [2.75, 3.05) is 18.5 Å². The van der Waals surface area contributed by atoms with E-state index in [1.807, 2.05) is 36.4 Å². The van der Waals surface area contributed by atoms with E-state index in [2.05, 4.69) is 50.5 Å². The first-order chi connectivity index (χ1) is 11.9. The number of carbonyl (C=O) groups is 1. The lowest BCUT2D eigenvalue weighted by molar-refractivity contribution is 0.247. The lowest BCUT2D eigenvalue weighted by Crippen LogP contribution is -2.32. The first-order valence-electron chi connectivity index (χ1n) is 8.76. The predicted molar refractivity (Wildman–Crippen MR) is 103 cm³/mol. The Hall–Kier alpha value is -2.49. The minimum atomic E-state index is -0.215. The van der Waals surface area contributed by atoms with Crippen LogP contribution in [0, 0.1) is 0 Å². The number of para-hydroxylation sites is 1. The van der Waals surface area contributed by atoms with Crippen LogP contribution in [0.3, 0.4) is 0 Å².